The molecule has 3 aliphatic rings. The largest absolute Gasteiger partial charge is 0.508 e. The van der Waals surface area contributed by atoms with Crippen LogP contribution in [0.15, 0.2) is 66.7 Å². The fourth-order valence-corrected chi connectivity index (χ4v) is 7.31. The topological polar surface area (TPSA) is 70.1 Å². The third-order valence-corrected chi connectivity index (χ3v) is 9.49. The number of aromatic hydroxyl groups is 1. The Kier molecular flexibility index (Phi) is 6.62. The Morgan fingerprint density at radius 1 is 1.00 bits per heavy atom. The van der Waals surface area contributed by atoms with Crippen molar-refractivity contribution >= 4 is 22.6 Å². The van der Waals surface area contributed by atoms with E-state index < -0.39 is 11.0 Å². The first-order chi connectivity index (χ1) is 18.8. The number of amides is 1. The van der Waals surface area contributed by atoms with E-state index in [4.69, 9.17) is 4.74 Å². The number of rotatable bonds is 6. The average molecular weight is 527 g/mol. The molecule has 0 radical (unpaired) electrons. The van der Waals surface area contributed by atoms with Gasteiger partial charge in [0.05, 0.1) is 0 Å². The lowest BCUT2D eigenvalue weighted by Crippen LogP contribution is -2.68. The molecule has 0 spiro atoms. The van der Waals surface area contributed by atoms with Gasteiger partial charge in [-0.2, -0.15) is 0 Å². The van der Waals surface area contributed by atoms with E-state index in [2.05, 4.69) is 17.0 Å². The molecule has 0 bridgehead atoms. The molecule has 0 unspecified atom stereocenters. The zero-order valence-corrected chi connectivity index (χ0v) is 22.9. The molecule has 1 amide bonds. The quantitative estimate of drug-likeness (QED) is 0.428. The highest BCUT2D eigenvalue weighted by Crippen LogP contribution is 2.55. The van der Waals surface area contributed by atoms with Crippen LogP contribution in [0.4, 0.5) is 0 Å². The number of ether oxygens (including phenoxy) is 1. The maximum atomic E-state index is 13.8. The molecule has 1 aliphatic heterocycles. The summed E-state index contributed by atoms with van der Waals surface area (Å²) in [6.45, 7) is 4.14. The second-order valence-electron chi connectivity index (χ2n) is 12.0. The monoisotopic (exact) mass is 526 g/mol. The number of piperidine rings is 1. The van der Waals surface area contributed by atoms with Gasteiger partial charge in [0.2, 0.25) is 0 Å². The average Bonchev–Trinajstić information content (AvgIpc) is 3.75. The maximum Gasteiger partial charge on any atom is 0.303 e. The number of hydrogen-bond donors (Lipinski definition) is 1. The summed E-state index contributed by atoms with van der Waals surface area (Å²) in [6, 6.07) is 21.4. The van der Waals surface area contributed by atoms with Crippen molar-refractivity contribution in [1.29, 1.82) is 0 Å². The van der Waals surface area contributed by atoms with E-state index >= 15 is 0 Å². The first-order valence-corrected chi connectivity index (χ1v) is 14.3. The smallest absolute Gasteiger partial charge is 0.303 e. The van der Waals surface area contributed by atoms with Crippen LogP contribution in [-0.4, -0.2) is 65.1 Å². The zero-order valence-electron chi connectivity index (χ0n) is 22.9. The summed E-state index contributed by atoms with van der Waals surface area (Å²) in [6.07, 6.45) is 5.46. The Morgan fingerprint density at radius 3 is 2.54 bits per heavy atom. The number of likely N-dealkylation sites (tertiary alicyclic amines) is 1. The van der Waals surface area contributed by atoms with Gasteiger partial charge in [0.25, 0.3) is 5.91 Å². The molecule has 6 heteroatoms. The van der Waals surface area contributed by atoms with Crippen LogP contribution in [0.25, 0.3) is 10.8 Å². The van der Waals surface area contributed by atoms with Gasteiger partial charge in [-0.05, 0) is 91.6 Å². The Balaban J connectivity index is 1.35. The summed E-state index contributed by atoms with van der Waals surface area (Å²) in [5.74, 6) is 0.686. The van der Waals surface area contributed by atoms with Gasteiger partial charge in [0.1, 0.15) is 11.4 Å². The predicted octanol–water partition coefficient (Wildman–Crippen LogP) is 5.53. The van der Waals surface area contributed by atoms with Crippen molar-refractivity contribution in [3.63, 3.8) is 0 Å². The van der Waals surface area contributed by atoms with Gasteiger partial charge >= 0.3 is 5.97 Å². The molecule has 6 rings (SSSR count). The first-order valence-electron chi connectivity index (χ1n) is 14.3. The molecule has 6 nitrogen and oxygen atoms in total. The number of carbonyl (C=O) groups excluding carboxylic acids is 2. The van der Waals surface area contributed by atoms with Crippen LogP contribution in [0.5, 0.6) is 5.75 Å². The van der Waals surface area contributed by atoms with Crippen LogP contribution < -0.4 is 0 Å². The predicted molar refractivity (Wildman–Crippen MR) is 152 cm³/mol. The lowest BCUT2D eigenvalue weighted by Gasteiger charge is -2.60. The van der Waals surface area contributed by atoms with Gasteiger partial charge in [0, 0.05) is 44.1 Å². The van der Waals surface area contributed by atoms with E-state index in [0.29, 0.717) is 24.9 Å². The normalized spacial score (nSPS) is 27.1. The van der Waals surface area contributed by atoms with Gasteiger partial charge in [-0.15, -0.1) is 0 Å². The second-order valence-corrected chi connectivity index (χ2v) is 12.0. The van der Waals surface area contributed by atoms with Crippen LogP contribution >= 0.6 is 0 Å². The fourth-order valence-electron chi connectivity index (χ4n) is 7.31. The molecule has 39 heavy (non-hydrogen) atoms. The maximum absolute atomic E-state index is 13.8. The van der Waals surface area contributed by atoms with Gasteiger partial charge in [-0.1, -0.05) is 42.5 Å². The van der Waals surface area contributed by atoms with Crippen LogP contribution in [0.2, 0.25) is 0 Å². The van der Waals surface area contributed by atoms with E-state index in [1.54, 1.807) is 6.07 Å². The molecule has 2 saturated carbocycles. The van der Waals surface area contributed by atoms with Crippen molar-refractivity contribution in [2.45, 2.75) is 62.5 Å². The molecule has 204 valence electrons. The molecular weight excluding hydrogens is 488 g/mol. The molecule has 1 saturated heterocycles. The molecule has 3 atom stereocenters. The van der Waals surface area contributed by atoms with Crippen LogP contribution in [-0.2, 0) is 14.9 Å². The molecule has 2 aliphatic carbocycles. The van der Waals surface area contributed by atoms with Crippen molar-refractivity contribution in [2.24, 2.45) is 5.92 Å². The lowest BCUT2D eigenvalue weighted by molar-refractivity contribution is -0.188. The zero-order chi connectivity index (χ0) is 27.2. The third-order valence-electron chi connectivity index (χ3n) is 9.49. The number of fused-ring (bicyclic) bond motifs is 2. The standard InChI is InChI=1S/C33H38N2O4/c1-23(36)39-33-15-14-29(34(2)31(38)27-13-12-25-6-3-4-7-26(25)18-27)20-32(33,28-8-5-9-30(37)19-28)16-17-35(22-33)21-24-10-11-24/h3-9,12-13,18-19,24,29,37H,10-11,14-17,20-22H2,1-2H3/t29-,32+,33+/m1/s1. The van der Waals surface area contributed by atoms with E-state index in [9.17, 15) is 14.7 Å². The summed E-state index contributed by atoms with van der Waals surface area (Å²) in [7, 11) is 1.90. The lowest BCUT2D eigenvalue weighted by atomic mass is 9.55. The number of esters is 1. The minimum Gasteiger partial charge on any atom is -0.508 e. The number of phenols is 1. The summed E-state index contributed by atoms with van der Waals surface area (Å²) in [5.41, 5.74) is 0.464. The Labute approximate surface area is 230 Å². The van der Waals surface area contributed by atoms with Gasteiger partial charge in [-0.25, -0.2) is 0 Å². The summed E-state index contributed by atoms with van der Waals surface area (Å²) in [4.78, 5) is 30.7. The van der Waals surface area contributed by atoms with Crippen LogP contribution in [0.3, 0.4) is 0 Å². The Bertz CT molecular complexity index is 1400. The van der Waals surface area contributed by atoms with Gasteiger partial charge < -0.3 is 14.7 Å². The van der Waals surface area contributed by atoms with Crippen molar-refractivity contribution in [3.8, 4) is 5.75 Å². The van der Waals surface area contributed by atoms with E-state index in [1.165, 1.54) is 19.8 Å². The molecule has 1 N–H and O–H groups in total. The molecule has 1 heterocycles. The molecule has 0 aromatic heterocycles. The number of phenolic OH excluding ortho intramolecular Hbond substituents is 1. The highest BCUT2D eigenvalue weighted by molar-refractivity contribution is 5.98. The van der Waals surface area contributed by atoms with Crippen molar-refractivity contribution < 1.29 is 19.4 Å². The van der Waals surface area contributed by atoms with E-state index in [-0.39, 0.29) is 23.7 Å². The van der Waals surface area contributed by atoms with Crippen LogP contribution in [0.1, 0.15) is 61.4 Å². The minimum atomic E-state index is -0.705. The number of benzene rings is 3. The summed E-state index contributed by atoms with van der Waals surface area (Å²) >= 11 is 0. The SMILES string of the molecule is CC(=O)O[C@]12CC[C@@H](N(C)C(=O)c3ccc4ccccc4c3)C[C@]1(c1cccc(O)c1)CCN(CC1CC1)C2. The number of hydrogen-bond acceptors (Lipinski definition) is 5. The highest BCUT2D eigenvalue weighted by Gasteiger charge is 2.61. The van der Waals surface area contributed by atoms with Gasteiger partial charge in [-0.3, -0.25) is 14.5 Å². The molecule has 3 aromatic rings. The summed E-state index contributed by atoms with van der Waals surface area (Å²) in [5, 5.41) is 12.7. The molecule has 3 fully saturated rings. The number of carbonyl (C=O) groups is 2. The van der Waals surface area contributed by atoms with Crippen LogP contribution in [0, 0.1) is 5.92 Å². The Hall–Kier alpha value is -3.38. The van der Waals surface area contributed by atoms with Gasteiger partial charge in [0.15, 0.2) is 0 Å². The van der Waals surface area contributed by atoms with Crippen molar-refractivity contribution in [1.82, 2.24) is 9.80 Å². The molecule has 3 aromatic carbocycles. The van der Waals surface area contributed by atoms with E-state index in [0.717, 1.165) is 48.2 Å². The summed E-state index contributed by atoms with van der Waals surface area (Å²) < 4.78 is 6.37. The second kappa shape index (κ2) is 9.98. The fraction of sp³-hybridized carbons (Fsp3) is 0.455. The van der Waals surface area contributed by atoms with Crippen molar-refractivity contribution in [2.75, 3.05) is 26.7 Å². The van der Waals surface area contributed by atoms with E-state index in [1.807, 2.05) is 60.5 Å². The minimum absolute atomic E-state index is 0.00275. The van der Waals surface area contributed by atoms with Crippen molar-refractivity contribution in [3.05, 3.63) is 77.9 Å². The Morgan fingerprint density at radius 2 is 1.79 bits per heavy atom. The number of nitrogens with zero attached hydrogens (tertiary/aromatic N) is 2. The third kappa shape index (κ3) is 4.80. The molecular formula is C33H38N2O4. The highest BCUT2D eigenvalue weighted by atomic mass is 16.6. The first kappa shape index (κ1) is 25.9.